The average Bonchev–Trinajstić information content (AvgIpc) is 2.54. The van der Waals surface area contributed by atoms with Crippen molar-refractivity contribution in [3.63, 3.8) is 0 Å². The fraction of sp³-hybridized carbons (Fsp3) is 0.125. The van der Waals surface area contributed by atoms with E-state index in [0.717, 1.165) is 11.2 Å². The van der Waals surface area contributed by atoms with Gasteiger partial charge in [-0.2, -0.15) is 0 Å². The van der Waals surface area contributed by atoms with Crippen LogP contribution in [0.15, 0.2) is 24.7 Å². The molecule has 0 saturated heterocycles. The minimum atomic E-state index is -0.00989. The van der Waals surface area contributed by atoms with E-state index >= 15 is 0 Å². The summed E-state index contributed by atoms with van der Waals surface area (Å²) in [6.07, 6.45) is 3.30. The third kappa shape index (κ3) is 0.983. The number of hydrogen-bond donors (Lipinski definition) is 1. The number of hydrogen-bond acceptors (Lipinski definition) is 2. The quantitative estimate of drug-likeness (QED) is 0.726. The Morgan fingerprint density at radius 2 is 2.33 bits per heavy atom. The minimum absolute atomic E-state index is 0.00989. The lowest BCUT2D eigenvalue weighted by Gasteiger charge is -2.02. The SMILES string of the molecule is OCc1ccc(Cl)c2cncn12. The van der Waals surface area contributed by atoms with Crippen LogP contribution < -0.4 is 0 Å². The van der Waals surface area contributed by atoms with Crippen molar-refractivity contribution >= 4 is 17.1 Å². The van der Waals surface area contributed by atoms with E-state index in [2.05, 4.69) is 4.98 Å². The van der Waals surface area contributed by atoms with Crippen LogP contribution in [0.25, 0.3) is 5.52 Å². The zero-order valence-corrected chi connectivity index (χ0v) is 6.99. The lowest BCUT2D eigenvalue weighted by molar-refractivity contribution is 0.275. The monoisotopic (exact) mass is 182 g/mol. The predicted molar refractivity (Wildman–Crippen MR) is 46.1 cm³/mol. The molecule has 0 unspecified atom stereocenters. The van der Waals surface area contributed by atoms with Crippen molar-refractivity contribution in [2.24, 2.45) is 0 Å². The van der Waals surface area contributed by atoms with E-state index in [-0.39, 0.29) is 6.61 Å². The van der Waals surface area contributed by atoms with E-state index < -0.39 is 0 Å². The average molecular weight is 183 g/mol. The van der Waals surface area contributed by atoms with E-state index in [1.165, 1.54) is 0 Å². The number of nitrogens with zero attached hydrogens (tertiary/aromatic N) is 2. The predicted octanol–water partition coefficient (Wildman–Crippen LogP) is 1.48. The van der Waals surface area contributed by atoms with E-state index in [9.17, 15) is 0 Å². The van der Waals surface area contributed by atoms with Crippen LogP contribution >= 0.6 is 11.6 Å². The van der Waals surface area contributed by atoms with Gasteiger partial charge in [-0.15, -0.1) is 0 Å². The van der Waals surface area contributed by atoms with Gasteiger partial charge in [0, 0.05) is 5.69 Å². The Morgan fingerprint density at radius 1 is 1.50 bits per heavy atom. The van der Waals surface area contributed by atoms with Crippen LogP contribution in [0, 0.1) is 0 Å². The molecule has 12 heavy (non-hydrogen) atoms. The van der Waals surface area contributed by atoms with Gasteiger partial charge in [0.05, 0.1) is 29.7 Å². The molecule has 0 aromatic carbocycles. The summed E-state index contributed by atoms with van der Waals surface area (Å²) in [5.41, 5.74) is 1.61. The van der Waals surface area contributed by atoms with Gasteiger partial charge in [0.15, 0.2) is 0 Å². The second-order valence-corrected chi connectivity index (χ2v) is 2.89. The second kappa shape index (κ2) is 2.77. The maximum absolute atomic E-state index is 8.95. The maximum Gasteiger partial charge on any atom is 0.0995 e. The summed E-state index contributed by atoms with van der Waals surface area (Å²) in [5.74, 6) is 0. The third-order valence-electron chi connectivity index (χ3n) is 1.78. The summed E-state index contributed by atoms with van der Waals surface area (Å²) in [7, 11) is 0. The highest BCUT2D eigenvalue weighted by Crippen LogP contribution is 2.18. The highest BCUT2D eigenvalue weighted by molar-refractivity contribution is 6.33. The summed E-state index contributed by atoms with van der Waals surface area (Å²) in [4.78, 5) is 3.94. The molecular weight excluding hydrogens is 176 g/mol. The molecule has 62 valence electrons. The molecule has 4 heteroatoms. The molecule has 1 N–H and O–H groups in total. The molecule has 0 radical (unpaired) electrons. The molecular formula is C8H7ClN2O. The number of halogens is 1. The lowest BCUT2D eigenvalue weighted by atomic mass is 10.3. The standard InChI is InChI=1S/C8H7ClN2O/c9-7-2-1-6(4-12)11-5-10-3-8(7)11/h1-3,5,12H,4H2. The van der Waals surface area contributed by atoms with Crippen LogP contribution in [0.5, 0.6) is 0 Å². The molecule has 0 aliphatic heterocycles. The number of fused-ring (bicyclic) bond motifs is 1. The Bertz CT molecular complexity index is 410. The molecule has 0 saturated carbocycles. The molecule has 0 atom stereocenters. The van der Waals surface area contributed by atoms with E-state index in [0.29, 0.717) is 5.02 Å². The number of aliphatic hydroxyl groups excluding tert-OH is 1. The van der Waals surface area contributed by atoms with Crippen molar-refractivity contribution < 1.29 is 5.11 Å². The van der Waals surface area contributed by atoms with E-state index in [1.54, 1.807) is 29.1 Å². The van der Waals surface area contributed by atoms with Crippen LogP contribution in [-0.4, -0.2) is 14.5 Å². The van der Waals surface area contributed by atoms with Crippen molar-refractivity contribution in [2.45, 2.75) is 6.61 Å². The molecule has 0 aliphatic rings. The van der Waals surface area contributed by atoms with Crippen LogP contribution in [0.2, 0.25) is 5.02 Å². The van der Waals surface area contributed by atoms with Gasteiger partial charge in [-0.25, -0.2) is 4.98 Å². The second-order valence-electron chi connectivity index (χ2n) is 2.48. The first-order valence-electron chi connectivity index (χ1n) is 3.53. The van der Waals surface area contributed by atoms with Gasteiger partial charge in [-0.05, 0) is 12.1 Å². The number of aromatic nitrogens is 2. The first-order valence-corrected chi connectivity index (χ1v) is 3.91. The van der Waals surface area contributed by atoms with Crippen LogP contribution in [0.3, 0.4) is 0 Å². The van der Waals surface area contributed by atoms with Crippen LogP contribution in [-0.2, 0) is 6.61 Å². The molecule has 0 spiro atoms. The Hall–Kier alpha value is -1.06. The molecule has 2 aromatic rings. The molecule has 0 fully saturated rings. The van der Waals surface area contributed by atoms with Gasteiger partial charge in [0.1, 0.15) is 0 Å². The third-order valence-corrected chi connectivity index (χ3v) is 2.10. The summed E-state index contributed by atoms with van der Waals surface area (Å²) in [5, 5.41) is 9.60. The maximum atomic E-state index is 8.95. The fourth-order valence-electron chi connectivity index (χ4n) is 1.16. The highest BCUT2D eigenvalue weighted by Gasteiger charge is 2.02. The van der Waals surface area contributed by atoms with Gasteiger partial charge in [0.2, 0.25) is 0 Å². The Labute approximate surface area is 74.2 Å². The molecule has 3 nitrogen and oxygen atoms in total. The molecule has 0 amide bonds. The zero-order valence-electron chi connectivity index (χ0n) is 6.24. The molecule has 2 aromatic heterocycles. The zero-order chi connectivity index (χ0) is 8.55. The van der Waals surface area contributed by atoms with E-state index in [4.69, 9.17) is 16.7 Å². The summed E-state index contributed by atoms with van der Waals surface area (Å²) in [6.45, 7) is -0.00989. The minimum Gasteiger partial charge on any atom is -0.390 e. The van der Waals surface area contributed by atoms with Crippen molar-refractivity contribution in [2.75, 3.05) is 0 Å². The molecule has 0 aliphatic carbocycles. The normalized spacial score (nSPS) is 10.8. The van der Waals surface area contributed by atoms with Gasteiger partial charge < -0.3 is 5.11 Å². The summed E-state index contributed by atoms with van der Waals surface area (Å²) in [6, 6.07) is 3.53. The van der Waals surface area contributed by atoms with Crippen molar-refractivity contribution in [1.82, 2.24) is 9.38 Å². The number of pyridine rings is 1. The number of aliphatic hydroxyl groups is 1. The fourth-order valence-corrected chi connectivity index (χ4v) is 1.37. The lowest BCUT2D eigenvalue weighted by Crippen LogP contribution is -1.94. The molecule has 2 heterocycles. The van der Waals surface area contributed by atoms with E-state index in [1.807, 2.05) is 0 Å². The first kappa shape index (κ1) is 7.58. The smallest absolute Gasteiger partial charge is 0.0995 e. The number of imidazole rings is 1. The summed E-state index contributed by atoms with van der Waals surface area (Å²) < 4.78 is 1.77. The van der Waals surface area contributed by atoms with Crippen molar-refractivity contribution in [1.29, 1.82) is 0 Å². The van der Waals surface area contributed by atoms with Crippen molar-refractivity contribution in [3.8, 4) is 0 Å². The summed E-state index contributed by atoms with van der Waals surface area (Å²) >= 11 is 5.88. The molecule has 2 rings (SSSR count). The van der Waals surface area contributed by atoms with Gasteiger partial charge >= 0.3 is 0 Å². The topological polar surface area (TPSA) is 37.5 Å². The van der Waals surface area contributed by atoms with Crippen LogP contribution in [0.4, 0.5) is 0 Å². The largest absolute Gasteiger partial charge is 0.390 e. The Balaban J connectivity index is 2.82. The highest BCUT2D eigenvalue weighted by atomic mass is 35.5. The molecule has 0 bridgehead atoms. The number of rotatable bonds is 1. The Kier molecular flexibility index (Phi) is 1.75. The Morgan fingerprint density at radius 3 is 3.08 bits per heavy atom. The van der Waals surface area contributed by atoms with Gasteiger partial charge in [-0.1, -0.05) is 11.6 Å². The first-order chi connectivity index (χ1) is 5.83. The van der Waals surface area contributed by atoms with Crippen molar-refractivity contribution in [3.05, 3.63) is 35.4 Å². The van der Waals surface area contributed by atoms with Crippen LogP contribution in [0.1, 0.15) is 5.69 Å². The van der Waals surface area contributed by atoms with Gasteiger partial charge in [0.25, 0.3) is 0 Å². The van der Waals surface area contributed by atoms with Gasteiger partial charge in [-0.3, -0.25) is 4.40 Å².